The summed E-state index contributed by atoms with van der Waals surface area (Å²) in [6.07, 6.45) is 3.13. The SMILES string of the molecule is O=C(O)c1c[nH]c(CCCOc2ccccc2)c1. The van der Waals surface area contributed by atoms with Crippen LogP contribution in [0.25, 0.3) is 0 Å². The van der Waals surface area contributed by atoms with Crippen LogP contribution in [0.2, 0.25) is 0 Å². The first-order valence-electron chi connectivity index (χ1n) is 5.84. The maximum absolute atomic E-state index is 10.7. The third kappa shape index (κ3) is 3.38. The van der Waals surface area contributed by atoms with E-state index in [0.29, 0.717) is 12.2 Å². The average Bonchev–Trinajstić information content (AvgIpc) is 2.85. The van der Waals surface area contributed by atoms with E-state index in [0.717, 1.165) is 24.3 Å². The van der Waals surface area contributed by atoms with Crippen LogP contribution in [-0.4, -0.2) is 22.7 Å². The zero-order chi connectivity index (χ0) is 12.8. The maximum atomic E-state index is 10.7. The first-order chi connectivity index (χ1) is 8.75. The number of aromatic carboxylic acids is 1. The number of benzene rings is 1. The highest BCUT2D eigenvalue weighted by Gasteiger charge is 2.05. The average molecular weight is 245 g/mol. The predicted octanol–water partition coefficient (Wildman–Crippen LogP) is 2.72. The fourth-order valence-corrected chi connectivity index (χ4v) is 1.68. The fraction of sp³-hybridized carbons (Fsp3) is 0.214. The normalized spacial score (nSPS) is 10.2. The van der Waals surface area contributed by atoms with Crippen molar-refractivity contribution in [3.8, 4) is 5.75 Å². The van der Waals surface area contributed by atoms with Crippen LogP contribution in [0.15, 0.2) is 42.6 Å². The molecule has 0 aliphatic heterocycles. The molecule has 0 unspecified atom stereocenters. The van der Waals surface area contributed by atoms with Crippen molar-refractivity contribution < 1.29 is 14.6 Å². The molecule has 0 aliphatic carbocycles. The highest BCUT2D eigenvalue weighted by Crippen LogP contribution is 2.10. The van der Waals surface area contributed by atoms with Crippen molar-refractivity contribution in [2.45, 2.75) is 12.8 Å². The third-order valence-electron chi connectivity index (χ3n) is 2.59. The Balaban J connectivity index is 1.73. The number of carbonyl (C=O) groups is 1. The molecule has 2 aromatic rings. The van der Waals surface area contributed by atoms with Crippen LogP contribution in [0.3, 0.4) is 0 Å². The Morgan fingerprint density at radius 1 is 1.28 bits per heavy atom. The summed E-state index contributed by atoms with van der Waals surface area (Å²) >= 11 is 0. The van der Waals surface area contributed by atoms with Crippen molar-refractivity contribution in [2.24, 2.45) is 0 Å². The lowest BCUT2D eigenvalue weighted by Gasteiger charge is -2.04. The molecule has 2 N–H and O–H groups in total. The van der Waals surface area contributed by atoms with Crippen LogP contribution >= 0.6 is 0 Å². The summed E-state index contributed by atoms with van der Waals surface area (Å²) in [4.78, 5) is 13.6. The van der Waals surface area contributed by atoms with Gasteiger partial charge in [-0.2, -0.15) is 0 Å². The third-order valence-corrected chi connectivity index (χ3v) is 2.59. The van der Waals surface area contributed by atoms with Gasteiger partial charge in [-0.1, -0.05) is 18.2 Å². The van der Waals surface area contributed by atoms with Gasteiger partial charge in [-0.3, -0.25) is 0 Å². The number of carboxylic acid groups (broad SMARTS) is 1. The number of hydrogen-bond donors (Lipinski definition) is 2. The van der Waals surface area contributed by atoms with Crippen molar-refractivity contribution in [1.29, 1.82) is 0 Å². The highest BCUT2D eigenvalue weighted by atomic mass is 16.5. The van der Waals surface area contributed by atoms with Gasteiger partial charge in [0, 0.05) is 11.9 Å². The number of rotatable bonds is 6. The standard InChI is InChI=1S/C14H15NO3/c16-14(17)11-9-12(15-10-11)5-4-8-18-13-6-2-1-3-7-13/h1-3,6-7,9-10,15H,4-5,8H2,(H,16,17). The maximum Gasteiger partial charge on any atom is 0.337 e. The van der Waals surface area contributed by atoms with Crippen LogP contribution in [-0.2, 0) is 6.42 Å². The Hall–Kier alpha value is -2.23. The summed E-state index contributed by atoms with van der Waals surface area (Å²) in [6, 6.07) is 11.3. The van der Waals surface area contributed by atoms with E-state index in [2.05, 4.69) is 4.98 Å². The van der Waals surface area contributed by atoms with Gasteiger partial charge >= 0.3 is 5.97 Å². The lowest BCUT2D eigenvalue weighted by Crippen LogP contribution is -1.99. The number of aromatic amines is 1. The highest BCUT2D eigenvalue weighted by molar-refractivity contribution is 5.87. The van der Waals surface area contributed by atoms with Crippen molar-refractivity contribution in [3.05, 3.63) is 53.9 Å². The largest absolute Gasteiger partial charge is 0.494 e. The van der Waals surface area contributed by atoms with Gasteiger partial charge in [0.2, 0.25) is 0 Å². The second kappa shape index (κ2) is 5.91. The molecular formula is C14H15NO3. The molecule has 2 rings (SSSR count). The minimum absolute atomic E-state index is 0.300. The lowest BCUT2D eigenvalue weighted by molar-refractivity contribution is 0.0697. The number of H-pyrrole nitrogens is 1. The van der Waals surface area contributed by atoms with E-state index in [1.807, 2.05) is 30.3 Å². The molecule has 18 heavy (non-hydrogen) atoms. The van der Waals surface area contributed by atoms with Crippen LogP contribution < -0.4 is 4.74 Å². The van der Waals surface area contributed by atoms with Gasteiger partial charge in [0.15, 0.2) is 0 Å². The van der Waals surface area contributed by atoms with Crippen LogP contribution in [0.5, 0.6) is 5.75 Å². The molecule has 1 aromatic heterocycles. The molecule has 0 fully saturated rings. The summed E-state index contributed by atoms with van der Waals surface area (Å²) in [7, 11) is 0. The number of hydrogen-bond acceptors (Lipinski definition) is 2. The first kappa shape index (κ1) is 12.2. The van der Waals surface area contributed by atoms with Gasteiger partial charge in [0.1, 0.15) is 5.75 Å². The van der Waals surface area contributed by atoms with E-state index in [4.69, 9.17) is 9.84 Å². The van der Waals surface area contributed by atoms with Gasteiger partial charge in [-0.25, -0.2) is 4.79 Å². The molecule has 4 nitrogen and oxygen atoms in total. The number of ether oxygens (including phenoxy) is 1. The summed E-state index contributed by atoms with van der Waals surface area (Å²) in [5, 5.41) is 8.77. The summed E-state index contributed by atoms with van der Waals surface area (Å²) in [5.74, 6) is -0.0479. The number of para-hydroxylation sites is 1. The zero-order valence-corrected chi connectivity index (χ0v) is 9.93. The van der Waals surface area contributed by atoms with Gasteiger partial charge in [0.25, 0.3) is 0 Å². The van der Waals surface area contributed by atoms with E-state index in [1.54, 1.807) is 6.07 Å². The molecule has 1 aromatic carbocycles. The summed E-state index contributed by atoms with van der Waals surface area (Å²) < 4.78 is 5.55. The van der Waals surface area contributed by atoms with Crippen molar-refractivity contribution in [3.63, 3.8) is 0 Å². The monoisotopic (exact) mass is 245 g/mol. The molecule has 0 aliphatic rings. The number of nitrogens with one attached hydrogen (secondary N) is 1. The molecule has 0 radical (unpaired) electrons. The second-order valence-electron chi connectivity index (χ2n) is 3.98. The Labute approximate surface area is 105 Å². The summed E-state index contributed by atoms with van der Waals surface area (Å²) in [5.41, 5.74) is 1.22. The van der Waals surface area contributed by atoms with E-state index in [9.17, 15) is 4.79 Å². The minimum atomic E-state index is -0.905. The molecule has 0 atom stereocenters. The zero-order valence-electron chi connectivity index (χ0n) is 9.93. The van der Waals surface area contributed by atoms with Crippen molar-refractivity contribution in [1.82, 2.24) is 4.98 Å². The molecular weight excluding hydrogens is 230 g/mol. The Bertz CT molecular complexity index is 505. The van der Waals surface area contributed by atoms with Gasteiger partial charge in [-0.05, 0) is 31.0 Å². The quantitative estimate of drug-likeness (QED) is 0.769. The molecule has 0 saturated heterocycles. The topological polar surface area (TPSA) is 62.3 Å². The fourth-order valence-electron chi connectivity index (χ4n) is 1.68. The van der Waals surface area contributed by atoms with Crippen molar-refractivity contribution in [2.75, 3.05) is 6.61 Å². The van der Waals surface area contributed by atoms with Crippen LogP contribution in [0.1, 0.15) is 22.5 Å². The molecule has 4 heteroatoms. The smallest absolute Gasteiger partial charge is 0.337 e. The lowest BCUT2D eigenvalue weighted by atomic mass is 10.2. The van der Waals surface area contributed by atoms with Crippen LogP contribution in [0.4, 0.5) is 0 Å². The van der Waals surface area contributed by atoms with Gasteiger partial charge in [-0.15, -0.1) is 0 Å². The molecule has 0 saturated carbocycles. The molecule has 0 spiro atoms. The van der Waals surface area contributed by atoms with Crippen LogP contribution in [0, 0.1) is 0 Å². The number of aryl methyl sites for hydroxylation is 1. The molecule has 0 bridgehead atoms. The Kier molecular flexibility index (Phi) is 4.02. The van der Waals surface area contributed by atoms with E-state index < -0.39 is 5.97 Å². The molecule has 0 amide bonds. The molecule has 1 heterocycles. The Morgan fingerprint density at radius 3 is 2.72 bits per heavy atom. The van der Waals surface area contributed by atoms with E-state index in [-0.39, 0.29) is 0 Å². The number of aromatic nitrogens is 1. The van der Waals surface area contributed by atoms with Gasteiger partial charge in [0.05, 0.1) is 12.2 Å². The Morgan fingerprint density at radius 2 is 2.06 bits per heavy atom. The number of carboxylic acids is 1. The first-order valence-corrected chi connectivity index (χ1v) is 5.84. The van der Waals surface area contributed by atoms with Gasteiger partial charge < -0.3 is 14.8 Å². The van der Waals surface area contributed by atoms with Crippen molar-refractivity contribution >= 4 is 5.97 Å². The second-order valence-corrected chi connectivity index (χ2v) is 3.98. The predicted molar refractivity (Wildman–Crippen MR) is 68.0 cm³/mol. The van der Waals surface area contributed by atoms with E-state index in [1.165, 1.54) is 6.20 Å². The summed E-state index contributed by atoms with van der Waals surface area (Å²) in [6.45, 7) is 0.617. The minimum Gasteiger partial charge on any atom is -0.494 e. The van der Waals surface area contributed by atoms with E-state index >= 15 is 0 Å². The molecule has 94 valence electrons.